The van der Waals surface area contributed by atoms with Gasteiger partial charge in [-0.15, -0.1) is 5.10 Å². The third-order valence-electron chi connectivity index (χ3n) is 5.08. The van der Waals surface area contributed by atoms with Gasteiger partial charge in [0.25, 0.3) is 0 Å². The van der Waals surface area contributed by atoms with Crippen LogP contribution in [0, 0.1) is 6.92 Å². The number of hydrogen-bond acceptors (Lipinski definition) is 5. The minimum absolute atomic E-state index is 0.304. The van der Waals surface area contributed by atoms with E-state index in [1.165, 1.54) is 5.56 Å². The molecule has 3 aromatic rings. The van der Waals surface area contributed by atoms with Crippen LogP contribution in [0.1, 0.15) is 37.1 Å². The zero-order valence-corrected chi connectivity index (χ0v) is 15.1. The van der Waals surface area contributed by atoms with Gasteiger partial charge in [0.05, 0.1) is 24.0 Å². The second kappa shape index (κ2) is 6.78. The molecule has 6 nitrogen and oxygen atoms in total. The lowest BCUT2D eigenvalue weighted by atomic mass is 9.95. The molecule has 1 aromatic heterocycles. The summed E-state index contributed by atoms with van der Waals surface area (Å²) < 4.78 is 7.39. The van der Waals surface area contributed by atoms with E-state index in [9.17, 15) is 0 Å². The summed E-state index contributed by atoms with van der Waals surface area (Å²) in [5.41, 5.74) is 2.83. The Balaban J connectivity index is 1.77. The van der Waals surface area contributed by atoms with Crippen LogP contribution in [0.5, 0.6) is 5.75 Å². The SMILES string of the molecule is COc1ccccc1NC1(c2nnnn2-c2cccc(C)c2)CCCC1. The van der Waals surface area contributed by atoms with Gasteiger partial charge >= 0.3 is 0 Å². The number of nitrogens with one attached hydrogen (secondary N) is 1. The third-order valence-corrected chi connectivity index (χ3v) is 5.08. The van der Waals surface area contributed by atoms with Gasteiger partial charge in [0.1, 0.15) is 5.75 Å². The highest BCUT2D eigenvalue weighted by Crippen LogP contribution is 2.42. The average molecular weight is 349 g/mol. The number of nitrogens with zero attached hydrogens (tertiary/aromatic N) is 4. The van der Waals surface area contributed by atoms with Crippen LogP contribution in [0.15, 0.2) is 48.5 Å². The number of aryl methyl sites for hydroxylation is 1. The zero-order valence-electron chi connectivity index (χ0n) is 15.1. The van der Waals surface area contributed by atoms with E-state index >= 15 is 0 Å². The molecule has 1 fully saturated rings. The van der Waals surface area contributed by atoms with Gasteiger partial charge in [-0.2, -0.15) is 4.68 Å². The number of aromatic nitrogens is 4. The Bertz CT molecular complexity index is 898. The molecule has 0 radical (unpaired) electrons. The Hall–Kier alpha value is -2.89. The zero-order chi connectivity index (χ0) is 18.0. The number of anilines is 1. The number of ether oxygens (including phenoxy) is 1. The molecule has 0 bridgehead atoms. The summed E-state index contributed by atoms with van der Waals surface area (Å²) in [7, 11) is 1.69. The van der Waals surface area contributed by atoms with Gasteiger partial charge in [-0.05, 0) is 60.0 Å². The maximum atomic E-state index is 5.53. The molecular formula is C20H23N5O. The van der Waals surface area contributed by atoms with Gasteiger partial charge in [0, 0.05) is 0 Å². The van der Waals surface area contributed by atoms with Crippen LogP contribution >= 0.6 is 0 Å². The number of methoxy groups -OCH3 is 1. The second-order valence-electron chi connectivity index (χ2n) is 6.87. The molecule has 1 N–H and O–H groups in total. The van der Waals surface area contributed by atoms with Crippen LogP contribution in [-0.4, -0.2) is 27.3 Å². The second-order valence-corrected chi connectivity index (χ2v) is 6.87. The first-order chi connectivity index (χ1) is 12.7. The Morgan fingerprint density at radius 3 is 2.65 bits per heavy atom. The Morgan fingerprint density at radius 1 is 1.08 bits per heavy atom. The molecule has 1 aliphatic carbocycles. The van der Waals surface area contributed by atoms with E-state index in [0.717, 1.165) is 48.6 Å². The Morgan fingerprint density at radius 2 is 1.88 bits per heavy atom. The summed E-state index contributed by atoms with van der Waals surface area (Å²) in [6.07, 6.45) is 4.25. The lowest BCUT2D eigenvalue weighted by Crippen LogP contribution is -2.35. The number of rotatable bonds is 5. The maximum absolute atomic E-state index is 5.53. The van der Waals surface area contributed by atoms with E-state index < -0.39 is 0 Å². The molecule has 134 valence electrons. The van der Waals surface area contributed by atoms with E-state index in [-0.39, 0.29) is 5.54 Å². The molecule has 0 unspecified atom stereocenters. The van der Waals surface area contributed by atoms with Crippen LogP contribution in [0.4, 0.5) is 5.69 Å². The molecule has 0 amide bonds. The van der Waals surface area contributed by atoms with Crippen molar-refractivity contribution in [3.05, 3.63) is 59.9 Å². The van der Waals surface area contributed by atoms with E-state index in [1.54, 1.807) is 7.11 Å². The van der Waals surface area contributed by atoms with Crippen LogP contribution in [0.3, 0.4) is 0 Å². The highest BCUT2D eigenvalue weighted by atomic mass is 16.5. The molecule has 1 aliphatic rings. The van der Waals surface area contributed by atoms with Crippen LogP contribution in [0.25, 0.3) is 5.69 Å². The molecule has 2 aromatic carbocycles. The van der Waals surface area contributed by atoms with Gasteiger partial charge in [-0.1, -0.05) is 37.1 Å². The first-order valence-corrected chi connectivity index (χ1v) is 8.99. The summed E-state index contributed by atoms with van der Waals surface area (Å²) in [5.74, 6) is 1.68. The van der Waals surface area contributed by atoms with Gasteiger partial charge in [-0.25, -0.2) is 0 Å². The lowest BCUT2D eigenvalue weighted by Gasteiger charge is -2.31. The smallest absolute Gasteiger partial charge is 0.181 e. The molecule has 4 rings (SSSR count). The first kappa shape index (κ1) is 16.6. The predicted octanol–water partition coefficient (Wildman–Crippen LogP) is 3.86. The highest BCUT2D eigenvalue weighted by Gasteiger charge is 2.41. The standard InChI is InChI=1S/C20H23N5O/c1-15-8-7-9-16(14-15)25-19(22-23-24-25)20(12-5-6-13-20)21-17-10-3-4-11-18(17)26-2/h3-4,7-11,14,21H,5-6,12-13H2,1-2H3. The molecule has 0 saturated heterocycles. The fraction of sp³-hybridized carbons (Fsp3) is 0.350. The van der Waals surface area contributed by atoms with Crippen LogP contribution < -0.4 is 10.1 Å². The number of tetrazole rings is 1. The van der Waals surface area contributed by atoms with Crippen LogP contribution in [-0.2, 0) is 5.54 Å². The molecule has 0 spiro atoms. The minimum Gasteiger partial charge on any atom is -0.495 e. The molecule has 1 heterocycles. The van der Waals surface area contributed by atoms with E-state index in [0.29, 0.717) is 0 Å². The number of hydrogen-bond donors (Lipinski definition) is 1. The summed E-state index contributed by atoms with van der Waals surface area (Å²) in [5, 5.41) is 16.4. The summed E-state index contributed by atoms with van der Waals surface area (Å²) in [6, 6.07) is 16.2. The molecule has 26 heavy (non-hydrogen) atoms. The first-order valence-electron chi connectivity index (χ1n) is 8.99. The van der Waals surface area contributed by atoms with Crippen molar-refractivity contribution in [2.24, 2.45) is 0 Å². The van der Waals surface area contributed by atoms with Crippen molar-refractivity contribution < 1.29 is 4.74 Å². The van der Waals surface area contributed by atoms with Crippen molar-refractivity contribution in [1.82, 2.24) is 20.2 Å². The Kier molecular flexibility index (Phi) is 4.32. The fourth-order valence-electron chi connectivity index (χ4n) is 3.81. The topological polar surface area (TPSA) is 64.9 Å². The molecule has 1 saturated carbocycles. The largest absolute Gasteiger partial charge is 0.495 e. The monoisotopic (exact) mass is 349 g/mol. The van der Waals surface area contributed by atoms with E-state index in [4.69, 9.17) is 4.74 Å². The van der Waals surface area contributed by atoms with Crippen molar-refractivity contribution in [2.45, 2.75) is 38.1 Å². The molecule has 6 heteroatoms. The average Bonchev–Trinajstić information content (AvgIpc) is 3.32. The van der Waals surface area contributed by atoms with Crippen molar-refractivity contribution in [2.75, 3.05) is 12.4 Å². The lowest BCUT2D eigenvalue weighted by molar-refractivity contribution is 0.409. The summed E-state index contributed by atoms with van der Waals surface area (Å²) in [6.45, 7) is 2.08. The third kappa shape index (κ3) is 2.92. The highest BCUT2D eigenvalue weighted by molar-refractivity contribution is 5.58. The molecule has 0 aliphatic heterocycles. The van der Waals surface area contributed by atoms with Gasteiger partial charge in [-0.3, -0.25) is 0 Å². The maximum Gasteiger partial charge on any atom is 0.181 e. The predicted molar refractivity (Wildman–Crippen MR) is 101 cm³/mol. The molecule has 0 atom stereocenters. The fourth-order valence-corrected chi connectivity index (χ4v) is 3.81. The van der Waals surface area contributed by atoms with Crippen molar-refractivity contribution in [1.29, 1.82) is 0 Å². The quantitative estimate of drug-likeness (QED) is 0.758. The van der Waals surface area contributed by atoms with E-state index in [2.05, 4.69) is 39.9 Å². The van der Waals surface area contributed by atoms with Gasteiger partial charge in [0.2, 0.25) is 0 Å². The van der Waals surface area contributed by atoms with Crippen LogP contribution in [0.2, 0.25) is 0 Å². The van der Waals surface area contributed by atoms with E-state index in [1.807, 2.05) is 41.1 Å². The number of para-hydroxylation sites is 2. The normalized spacial score (nSPS) is 15.8. The van der Waals surface area contributed by atoms with Gasteiger partial charge < -0.3 is 10.1 Å². The summed E-state index contributed by atoms with van der Waals surface area (Å²) >= 11 is 0. The van der Waals surface area contributed by atoms with Crippen molar-refractivity contribution >= 4 is 5.69 Å². The Labute approximate surface area is 153 Å². The summed E-state index contributed by atoms with van der Waals surface area (Å²) in [4.78, 5) is 0. The number of benzene rings is 2. The van der Waals surface area contributed by atoms with Crippen molar-refractivity contribution in [3.63, 3.8) is 0 Å². The minimum atomic E-state index is -0.304. The van der Waals surface area contributed by atoms with Gasteiger partial charge in [0.15, 0.2) is 5.82 Å². The van der Waals surface area contributed by atoms with Crippen molar-refractivity contribution in [3.8, 4) is 11.4 Å². The molecular weight excluding hydrogens is 326 g/mol.